The van der Waals surface area contributed by atoms with Gasteiger partial charge in [0.2, 0.25) is 0 Å². The van der Waals surface area contributed by atoms with E-state index in [1.54, 1.807) is 6.92 Å². The summed E-state index contributed by atoms with van der Waals surface area (Å²) in [6, 6.07) is 0. The van der Waals surface area contributed by atoms with E-state index in [9.17, 15) is 9.36 Å². The van der Waals surface area contributed by atoms with Gasteiger partial charge in [0.05, 0.1) is 6.61 Å². The van der Waals surface area contributed by atoms with Gasteiger partial charge in [0.15, 0.2) is 0 Å². The minimum atomic E-state index is -2.62. The van der Waals surface area contributed by atoms with Crippen LogP contribution < -0.4 is 0 Å². The average Bonchev–Trinajstić information content (AvgIpc) is 1.98. The number of carbonyl (C=O) groups excluding carboxylic acids is 1. The van der Waals surface area contributed by atoms with E-state index < -0.39 is 14.4 Å². The van der Waals surface area contributed by atoms with Crippen molar-refractivity contribution >= 4 is 14.4 Å². The third-order valence-corrected chi connectivity index (χ3v) is 1.17. The Kier molecular flexibility index (Phi) is 6.55. The van der Waals surface area contributed by atoms with E-state index in [1.807, 2.05) is 0 Å². The van der Waals surface area contributed by atoms with E-state index in [0.29, 0.717) is 0 Å². The molecule has 0 aliphatic heterocycles. The standard InChI is InChI=1S/C5H9O6P/c1-2-9-5(6)10-3-4-11-12(7)8/h2-4H2,1H3/p+1. The Hall–Kier alpha value is -0.710. The van der Waals surface area contributed by atoms with Gasteiger partial charge < -0.3 is 9.47 Å². The van der Waals surface area contributed by atoms with Crippen LogP contribution in [0.1, 0.15) is 6.92 Å². The maximum absolute atomic E-state index is 10.5. The Balaban J connectivity index is 3.19. The SMILES string of the molecule is CCOC(=O)OCCO[P+](=O)O. The van der Waals surface area contributed by atoms with Crippen LogP contribution in [0.15, 0.2) is 0 Å². The van der Waals surface area contributed by atoms with Crippen molar-refractivity contribution in [1.29, 1.82) is 0 Å². The molecule has 12 heavy (non-hydrogen) atoms. The topological polar surface area (TPSA) is 82.1 Å². The molecular weight excluding hydrogens is 187 g/mol. The van der Waals surface area contributed by atoms with Crippen molar-refractivity contribution in [2.75, 3.05) is 19.8 Å². The number of ether oxygens (including phenoxy) is 2. The molecule has 0 saturated heterocycles. The second-order valence-electron chi connectivity index (χ2n) is 1.60. The van der Waals surface area contributed by atoms with Gasteiger partial charge in [-0.2, -0.15) is 0 Å². The first-order valence-electron chi connectivity index (χ1n) is 3.25. The zero-order chi connectivity index (χ0) is 9.40. The molecule has 0 fully saturated rings. The summed E-state index contributed by atoms with van der Waals surface area (Å²) in [7, 11) is -2.62. The minimum Gasteiger partial charge on any atom is -0.435 e. The van der Waals surface area contributed by atoms with Crippen molar-refractivity contribution < 1.29 is 28.3 Å². The molecule has 0 aromatic carbocycles. The molecule has 0 amide bonds. The average molecular weight is 197 g/mol. The van der Waals surface area contributed by atoms with Crippen molar-refractivity contribution in [2.45, 2.75) is 6.92 Å². The lowest BCUT2D eigenvalue weighted by Crippen LogP contribution is -2.10. The summed E-state index contributed by atoms with van der Waals surface area (Å²) in [6.07, 6.45) is -0.811. The first kappa shape index (κ1) is 11.3. The van der Waals surface area contributed by atoms with Gasteiger partial charge in [0.25, 0.3) is 0 Å². The first-order chi connectivity index (χ1) is 5.66. The Bertz CT molecular complexity index is 158. The molecule has 0 radical (unpaired) electrons. The quantitative estimate of drug-likeness (QED) is 0.399. The fraction of sp³-hybridized carbons (Fsp3) is 0.800. The highest BCUT2D eigenvalue weighted by molar-refractivity contribution is 7.32. The lowest BCUT2D eigenvalue weighted by Gasteiger charge is -2.00. The molecule has 0 heterocycles. The van der Waals surface area contributed by atoms with Gasteiger partial charge in [0.1, 0.15) is 13.2 Å². The van der Waals surface area contributed by atoms with E-state index in [-0.39, 0.29) is 19.8 Å². The third kappa shape index (κ3) is 7.40. The molecule has 0 aromatic rings. The fourth-order valence-corrected chi connectivity index (χ4v) is 0.631. The maximum atomic E-state index is 10.5. The van der Waals surface area contributed by atoms with Gasteiger partial charge in [-0.05, 0) is 6.92 Å². The van der Waals surface area contributed by atoms with Crippen molar-refractivity contribution in [2.24, 2.45) is 0 Å². The van der Waals surface area contributed by atoms with Gasteiger partial charge in [-0.1, -0.05) is 0 Å². The monoisotopic (exact) mass is 197 g/mol. The van der Waals surface area contributed by atoms with E-state index in [1.165, 1.54) is 0 Å². The van der Waals surface area contributed by atoms with Gasteiger partial charge in [0, 0.05) is 4.57 Å². The second-order valence-corrected chi connectivity index (χ2v) is 2.34. The van der Waals surface area contributed by atoms with Crippen LogP contribution in [0, 0.1) is 0 Å². The zero-order valence-corrected chi connectivity index (χ0v) is 7.45. The molecule has 0 bridgehead atoms. The van der Waals surface area contributed by atoms with Crippen LogP contribution in [0.25, 0.3) is 0 Å². The zero-order valence-electron chi connectivity index (χ0n) is 6.56. The molecular formula is C5H10O6P+. The van der Waals surface area contributed by atoms with Crippen molar-refractivity contribution in [1.82, 2.24) is 0 Å². The molecule has 0 spiro atoms. The fourth-order valence-electron chi connectivity index (χ4n) is 0.400. The molecule has 1 N–H and O–H groups in total. The van der Waals surface area contributed by atoms with E-state index in [2.05, 4.69) is 14.0 Å². The normalized spacial score (nSPS) is 10.7. The summed E-state index contributed by atoms with van der Waals surface area (Å²) in [5.41, 5.74) is 0. The highest BCUT2D eigenvalue weighted by Gasteiger charge is 2.11. The lowest BCUT2D eigenvalue weighted by atomic mass is 10.8. The predicted octanol–water partition coefficient (Wildman–Crippen LogP) is 0.826. The molecule has 0 aliphatic carbocycles. The summed E-state index contributed by atoms with van der Waals surface area (Å²) < 4.78 is 22.9. The van der Waals surface area contributed by atoms with E-state index in [0.717, 1.165) is 0 Å². The summed E-state index contributed by atoms with van der Waals surface area (Å²) in [5.74, 6) is 0. The van der Waals surface area contributed by atoms with E-state index >= 15 is 0 Å². The molecule has 7 heteroatoms. The molecule has 0 rings (SSSR count). The van der Waals surface area contributed by atoms with Crippen LogP contribution >= 0.6 is 8.25 Å². The number of carbonyl (C=O) groups is 1. The van der Waals surface area contributed by atoms with Crippen molar-refractivity contribution in [3.63, 3.8) is 0 Å². The second kappa shape index (κ2) is 6.97. The highest BCUT2D eigenvalue weighted by atomic mass is 31.1. The van der Waals surface area contributed by atoms with Gasteiger partial charge >= 0.3 is 14.4 Å². The van der Waals surface area contributed by atoms with Crippen LogP contribution in [-0.2, 0) is 18.6 Å². The highest BCUT2D eigenvalue weighted by Crippen LogP contribution is 2.12. The van der Waals surface area contributed by atoms with Crippen LogP contribution in [0.4, 0.5) is 4.79 Å². The third-order valence-electron chi connectivity index (χ3n) is 0.767. The van der Waals surface area contributed by atoms with Gasteiger partial charge in [-0.25, -0.2) is 4.79 Å². The summed E-state index contributed by atoms with van der Waals surface area (Å²) in [6.45, 7) is 1.65. The van der Waals surface area contributed by atoms with Crippen LogP contribution in [0.3, 0.4) is 0 Å². The van der Waals surface area contributed by atoms with Crippen LogP contribution in [0.2, 0.25) is 0 Å². The number of rotatable bonds is 5. The predicted molar refractivity (Wildman–Crippen MR) is 38.8 cm³/mol. The molecule has 0 aliphatic rings. The first-order valence-corrected chi connectivity index (χ1v) is 4.38. The number of hydrogen-bond donors (Lipinski definition) is 1. The maximum Gasteiger partial charge on any atom is 0.694 e. The van der Waals surface area contributed by atoms with Crippen LogP contribution in [-0.4, -0.2) is 30.9 Å². The van der Waals surface area contributed by atoms with Crippen LogP contribution in [0.5, 0.6) is 0 Å². The molecule has 0 aromatic heterocycles. The van der Waals surface area contributed by atoms with Crippen molar-refractivity contribution in [3.05, 3.63) is 0 Å². The molecule has 1 atom stereocenters. The molecule has 1 unspecified atom stereocenters. The largest absolute Gasteiger partial charge is 0.694 e. The smallest absolute Gasteiger partial charge is 0.435 e. The number of hydrogen-bond acceptors (Lipinski definition) is 5. The summed E-state index contributed by atoms with van der Waals surface area (Å²) >= 11 is 0. The minimum absolute atomic E-state index is 0.0968. The Morgan fingerprint density at radius 1 is 1.42 bits per heavy atom. The Morgan fingerprint density at radius 3 is 2.58 bits per heavy atom. The summed E-state index contributed by atoms with van der Waals surface area (Å²) in [4.78, 5) is 18.6. The van der Waals surface area contributed by atoms with E-state index in [4.69, 9.17) is 4.89 Å². The molecule has 70 valence electrons. The lowest BCUT2D eigenvalue weighted by molar-refractivity contribution is 0.0490. The molecule has 6 nitrogen and oxygen atoms in total. The Labute approximate surface area is 70.4 Å². The van der Waals surface area contributed by atoms with Crippen molar-refractivity contribution in [3.8, 4) is 0 Å². The van der Waals surface area contributed by atoms with Gasteiger partial charge in [-0.15, -0.1) is 9.42 Å². The summed E-state index contributed by atoms with van der Waals surface area (Å²) in [5, 5.41) is 0. The van der Waals surface area contributed by atoms with Gasteiger partial charge in [-0.3, -0.25) is 0 Å². The molecule has 0 saturated carbocycles. The Morgan fingerprint density at radius 2 is 2.08 bits per heavy atom.